The van der Waals surface area contributed by atoms with Crippen molar-refractivity contribution in [3.05, 3.63) is 60.6 Å². The first-order valence-electron chi connectivity index (χ1n) is 14.5. The molecule has 2 aliphatic heterocycles. The first-order valence-corrected chi connectivity index (χ1v) is 14.5. The molecule has 4 fully saturated rings. The van der Waals surface area contributed by atoms with Gasteiger partial charge >= 0.3 is 0 Å². The fraction of sp³-hybridized carbons (Fsp3) is 0.516. The Labute approximate surface area is 229 Å². The molecule has 0 atom stereocenters. The number of likely N-dealkylation sites (tertiary alicyclic amines) is 1. The van der Waals surface area contributed by atoms with Crippen LogP contribution in [0.25, 0.3) is 11.1 Å². The van der Waals surface area contributed by atoms with Crippen LogP contribution in [-0.4, -0.2) is 58.6 Å². The van der Waals surface area contributed by atoms with Gasteiger partial charge in [0.25, 0.3) is 0 Å². The standard InChI is InChI=1S/C31H37FN6O/c32-23-7-10-27(26(14-23)25-2-1-12-35-29(25)22-5-6-22)39-28-15-34-20-36-30(28)38-18-31(19-38)16-37(17-31)13-11-21-3-8-24(33)9-4-21/h1-2,7,10,12,14-15,20-22,24H,3-6,8-9,11,13,16-19,33H2/t21-,24-. The largest absolute Gasteiger partial charge is 0.451 e. The van der Waals surface area contributed by atoms with E-state index in [4.69, 9.17) is 10.5 Å². The van der Waals surface area contributed by atoms with Crippen LogP contribution in [0.15, 0.2) is 49.1 Å². The fourth-order valence-corrected chi connectivity index (χ4v) is 6.88. The quantitative estimate of drug-likeness (QED) is 0.421. The zero-order chi connectivity index (χ0) is 26.4. The van der Waals surface area contributed by atoms with Crippen molar-refractivity contribution in [3.8, 4) is 22.6 Å². The molecule has 8 heteroatoms. The Bertz CT molecular complexity index is 1320. The molecule has 3 aromatic rings. The minimum absolute atomic E-state index is 0.293. The molecule has 39 heavy (non-hydrogen) atoms. The summed E-state index contributed by atoms with van der Waals surface area (Å²) in [5, 5.41) is 0. The average Bonchev–Trinajstić information content (AvgIpc) is 3.75. The maximum atomic E-state index is 14.4. The predicted molar refractivity (Wildman–Crippen MR) is 149 cm³/mol. The van der Waals surface area contributed by atoms with Gasteiger partial charge in [-0.3, -0.25) is 4.98 Å². The van der Waals surface area contributed by atoms with Gasteiger partial charge in [-0.2, -0.15) is 0 Å². The molecule has 7 nitrogen and oxygen atoms in total. The van der Waals surface area contributed by atoms with Crippen LogP contribution in [0.4, 0.5) is 10.2 Å². The Morgan fingerprint density at radius 1 is 0.949 bits per heavy atom. The van der Waals surface area contributed by atoms with Gasteiger partial charge in [0.05, 0.1) is 11.9 Å². The van der Waals surface area contributed by atoms with Crippen LogP contribution in [0.5, 0.6) is 11.5 Å². The van der Waals surface area contributed by atoms with Crippen molar-refractivity contribution in [2.45, 2.75) is 56.9 Å². The molecule has 2 aromatic heterocycles. The molecule has 2 N–H and O–H groups in total. The third kappa shape index (κ3) is 5.12. The second-order valence-electron chi connectivity index (χ2n) is 12.3. The number of halogens is 1. The number of benzene rings is 1. The van der Waals surface area contributed by atoms with E-state index in [1.807, 2.05) is 18.3 Å². The van der Waals surface area contributed by atoms with E-state index in [0.29, 0.717) is 28.9 Å². The number of hydrogen-bond acceptors (Lipinski definition) is 7. The molecule has 2 saturated heterocycles. The molecule has 7 rings (SSSR count). The van der Waals surface area contributed by atoms with Crippen LogP contribution in [0.2, 0.25) is 0 Å². The maximum Gasteiger partial charge on any atom is 0.188 e. The molecule has 0 radical (unpaired) electrons. The Morgan fingerprint density at radius 3 is 2.56 bits per heavy atom. The summed E-state index contributed by atoms with van der Waals surface area (Å²) in [4.78, 5) is 18.4. The van der Waals surface area contributed by atoms with Crippen LogP contribution in [-0.2, 0) is 0 Å². The first kappa shape index (κ1) is 24.9. The average molecular weight is 529 g/mol. The molecule has 1 aromatic carbocycles. The third-order valence-corrected chi connectivity index (χ3v) is 9.13. The van der Waals surface area contributed by atoms with Gasteiger partial charge in [-0.1, -0.05) is 6.07 Å². The second-order valence-corrected chi connectivity index (χ2v) is 12.3. The maximum absolute atomic E-state index is 14.4. The van der Waals surface area contributed by atoms with Crippen molar-refractivity contribution in [2.24, 2.45) is 17.1 Å². The van der Waals surface area contributed by atoms with Gasteiger partial charge in [0, 0.05) is 60.9 Å². The summed E-state index contributed by atoms with van der Waals surface area (Å²) in [5.41, 5.74) is 9.10. The predicted octanol–water partition coefficient (Wildman–Crippen LogP) is 5.38. The second kappa shape index (κ2) is 10.1. The number of nitrogens with zero attached hydrogens (tertiary/aromatic N) is 5. The van der Waals surface area contributed by atoms with Crippen molar-refractivity contribution in [1.82, 2.24) is 19.9 Å². The SMILES string of the molecule is N[C@H]1CC[C@H](CCN2CC3(C2)CN(c2ncncc2Oc2ccc(F)cc2-c2cccnc2C2CC2)C3)CC1. The van der Waals surface area contributed by atoms with Gasteiger partial charge in [0.15, 0.2) is 11.6 Å². The van der Waals surface area contributed by atoms with Gasteiger partial charge in [-0.15, -0.1) is 0 Å². The summed E-state index contributed by atoms with van der Waals surface area (Å²) in [5.74, 6) is 2.99. The van der Waals surface area contributed by atoms with E-state index in [0.717, 1.165) is 67.6 Å². The molecular weight excluding hydrogens is 491 g/mol. The number of rotatable bonds is 8. The molecular formula is C31H37FN6O. The number of ether oxygens (including phenoxy) is 1. The molecule has 2 saturated carbocycles. The smallest absolute Gasteiger partial charge is 0.188 e. The van der Waals surface area contributed by atoms with E-state index >= 15 is 0 Å². The molecule has 0 bridgehead atoms. The van der Waals surface area contributed by atoms with Gasteiger partial charge in [-0.05, 0) is 81.7 Å². The Kier molecular flexibility index (Phi) is 6.47. The highest BCUT2D eigenvalue weighted by molar-refractivity contribution is 5.74. The van der Waals surface area contributed by atoms with E-state index in [1.165, 1.54) is 44.7 Å². The molecule has 204 valence electrons. The Hall–Kier alpha value is -3.10. The summed E-state index contributed by atoms with van der Waals surface area (Å²) >= 11 is 0. The number of pyridine rings is 1. The Balaban J connectivity index is 1.02. The first-order chi connectivity index (χ1) is 19.1. The minimum atomic E-state index is -0.293. The topological polar surface area (TPSA) is 80.4 Å². The third-order valence-electron chi connectivity index (χ3n) is 9.13. The lowest BCUT2D eigenvalue weighted by Crippen LogP contribution is -2.72. The normalized spacial score (nSPS) is 24.3. The summed E-state index contributed by atoms with van der Waals surface area (Å²) in [6.45, 7) is 5.46. The summed E-state index contributed by atoms with van der Waals surface area (Å²) in [6.07, 6.45) is 13.6. The van der Waals surface area contributed by atoms with Gasteiger partial charge < -0.3 is 20.3 Å². The van der Waals surface area contributed by atoms with E-state index in [-0.39, 0.29) is 5.82 Å². The van der Waals surface area contributed by atoms with E-state index in [1.54, 1.807) is 24.7 Å². The van der Waals surface area contributed by atoms with E-state index in [9.17, 15) is 4.39 Å². The number of hydrogen-bond donors (Lipinski definition) is 1. The van der Waals surface area contributed by atoms with Crippen LogP contribution < -0.4 is 15.4 Å². The Morgan fingerprint density at radius 2 is 1.77 bits per heavy atom. The fourth-order valence-electron chi connectivity index (χ4n) is 6.88. The van der Waals surface area contributed by atoms with Gasteiger partial charge in [0.2, 0.25) is 0 Å². The lowest BCUT2D eigenvalue weighted by atomic mass is 9.72. The zero-order valence-corrected chi connectivity index (χ0v) is 22.4. The zero-order valence-electron chi connectivity index (χ0n) is 22.4. The lowest BCUT2D eigenvalue weighted by molar-refractivity contribution is -0.0257. The highest BCUT2D eigenvalue weighted by Gasteiger charge is 2.52. The number of nitrogens with two attached hydrogens (primary N) is 1. The monoisotopic (exact) mass is 528 g/mol. The van der Waals surface area contributed by atoms with E-state index < -0.39 is 0 Å². The highest BCUT2D eigenvalue weighted by Crippen LogP contribution is 2.47. The molecule has 1 spiro atoms. The van der Waals surface area contributed by atoms with Crippen molar-refractivity contribution in [3.63, 3.8) is 0 Å². The van der Waals surface area contributed by atoms with E-state index in [2.05, 4.69) is 24.8 Å². The molecule has 4 heterocycles. The number of anilines is 1. The van der Waals surface area contributed by atoms with Gasteiger partial charge in [0.1, 0.15) is 17.9 Å². The van der Waals surface area contributed by atoms with Crippen LogP contribution in [0.1, 0.15) is 56.6 Å². The van der Waals surface area contributed by atoms with Crippen LogP contribution >= 0.6 is 0 Å². The molecule has 2 aliphatic carbocycles. The van der Waals surface area contributed by atoms with Crippen LogP contribution in [0.3, 0.4) is 0 Å². The van der Waals surface area contributed by atoms with Crippen LogP contribution in [0, 0.1) is 17.2 Å². The lowest BCUT2D eigenvalue weighted by Gasteiger charge is -2.61. The number of aromatic nitrogens is 3. The van der Waals surface area contributed by atoms with Crippen molar-refractivity contribution in [1.29, 1.82) is 0 Å². The molecule has 0 amide bonds. The summed E-state index contributed by atoms with van der Waals surface area (Å²) in [7, 11) is 0. The summed E-state index contributed by atoms with van der Waals surface area (Å²) < 4.78 is 20.8. The summed E-state index contributed by atoms with van der Waals surface area (Å²) in [6, 6.07) is 9.03. The van der Waals surface area contributed by atoms with Crippen molar-refractivity contribution in [2.75, 3.05) is 37.6 Å². The van der Waals surface area contributed by atoms with Crippen molar-refractivity contribution < 1.29 is 9.13 Å². The van der Waals surface area contributed by atoms with Gasteiger partial charge in [-0.25, -0.2) is 14.4 Å². The molecule has 0 unspecified atom stereocenters. The highest BCUT2D eigenvalue weighted by atomic mass is 19.1. The molecule has 4 aliphatic rings. The van der Waals surface area contributed by atoms with Crippen molar-refractivity contribution >= 4 is 5.82 Å². The minimum Gasteiger partial charge on any atom is -0.451 e.